The van der Waals surface area contributed by atoms with E-state index >= 15 is 0 Å². The standard InChI is InChI=1S/C14H21F2N3/c1-2-19-7-3-4-11(9-19)18-13-6-5-10(17)8-12(13)14(15)16/h5-6,8,11,14,18H,2-4,7,9,17H2,1H3. The van der Waals surface area contributed by atoms with E-state index in [9.17, 15) is 8.78 Å². The summed E-state index contributed by atoms with van der Waals surface area (Å²) in [6, 6.07) is 4.90. The third kappa shape index (κ3) is 3.56. The molecule has 0 spiro atoms. The molecule has 5 heteroatoms. The average molecular weight is 269 g/mol. The monoisotopic (exact) mass is 269 g/mol. The lowest BCUT2D eigenvalue weighted by Crippen LogP contribution is -2.41. The summed E-state index contributed by atoms with van der Waals surface area (Å²) < 4.78 is 26.0. The van der Waals surface area contributed by atoms with E-state index in [1.54, 1.807) is 12.1 Å². The molecule has 0 aromatic heterocycles. The van der Waals surface area contributed by atoms with Crippen LogP contribution >= 0.6 is 0 Å². The third-order valence-electron chi connectivity index (χ3n) is 3.62. The van der Waals surface area contributed by atoms with Gasteiger partial charge in [-0.1, -0.05) is 6.92 Å². The van der Waals surface area contributed by atoms with E-state index in [1.165, 1.54) is 6.07 Å². The highest BCUT2D eigenvalue weighted by Crippen LogP contribution is 2.30. The van der Waals surface area contributed by atoms with E-state index in [4.69, 9.17) is 5.73 Å². The molecule has 1 saturated heterocycles. The highest BCUT2D eigenvalue weighted by atomic mass is 19.3. The van der Waals surface area contributed by atoms with Gasteiger partial charge in [0, 0.05) is 29.5 Å². The zero-order chi connectivity index (χ0) is 13.8. The molecular formula is C14H21F2N3. The summed E-state index contributed by atoms with van der Waals surface area (Å²) in [6.07, 6.45) is -0.384. The second-order valence-corrected chi connectivity index (χ2v) is 5.02. The fraction of sp³-hybridized carbons (Fsp3) is 0.571. The van der Waals surface area contributed by atoms with Crippen LogP contribution in [0.1, 0.15) is 31.8 Å². The summed E-state index contributed by atoms with van der Waals surface area (Å²) >= 11 is 0. The molecule has 0 radical (unpaired) electrons. The Balaban J connectivity index is 2.10. The van der Waals surface area contributed by atoms with Crippen molar-refractivity contribution in [1.29, 1.82) is 0 Å². The van der Waals surface area contributed by atoms with Crippen LogP contribution in [0, 0.1) is 0 Å². The minimum atomic E-state index is -2.50. The highest BCUT2D eigenvalue weighted by molar-refractivity contribution is 5.59. The van der Waals surface area contributed by atoms with E-state index in [-0.39, 0.29) is 11.6 Å². The smallest absolute Gasteiger partial charge is 0.265 e. The Morgan fingerprint density at radius 1 is 1.47 bits per heavy atom. The number of likely N-dealkylation sites (tertiary alicyclic amines) is 1. The lowest BCUT2D eigenvalue weighted by Gasteiger charge is -2.33. The molecular weight excluding hydrogens is 248 g/mol. The zero-order valence-corrected chi connectivity index (χ0v) is 11.2. The molecule has 1 aliphatic rings. The molecule has 0 aliphatic carbocycles. The van der Waals surface area contributed by atoms with Crippen LogP contribution in [-0.4, -0.2) is 30.6 Å². The molecule has 1 unspecified atom stereocenters. The maximum Gasteiger partial charge on any atom is 0.265 e. The third-order valence-corrected chi connectivity index (χ3v) is 3.62. The molecule has 1 aromatic carbocycles. The van der Waals surface area contributed by atoms with Crippen molar-refractivity contribution in [1.82, 2.24) is 4.90 Å². The van der Waals surface area contributed by atoms with Crippen LogP contribution in [0.3, 0.4) is 0 Å². The van der Waals surface area contributed by atoms with Gasteiger partial charge < -0.3 is 16.0 Å². The van der Waals surface area contributed by atoms with E-state index in [1.807, 2.05) is 0 Å². The fourth-order valence-electron chi connectivity index (χ4n) is 2.57. The van der Waals surface area contributed by atoms with Crippen molar-refractivity contribution in [2.45, 2.75) is 32.2 Å². The zero-order valence-electron chi connectivity index (χ0n) is 11.2. The summed E-state index contributed by atoms with van der Waals surface area (Å²) in [6.45, 7) is 5.12. The molecule has 19 heavy (non-hydrogen) atoms. The fourth-order valence-corrected chi connectivity index (χ4v) is 2.57. The van der Waals surface area contributed by atoms with Crippen LogP contribution < -0.4 is 11.1 Å². The number of anilines is 2. The highest BCUT2D eigenvalue weighted by Gasteiger charge is 2.21. The lowest BCUT2D eigenvalue weighted by atomic mass is 10.0. The van der Waals surface area contributed by atoms with Crippen LogP contribution in [0.15, 0.2) is 18.2 Å². The molecule has 3 N–H and O–H groups in total. The number of nitrogen functional groups attached to an aromatic ring is 1. The van der Waals surface area contributed by atoms with Gasteiger partial charge in [-0.3, -0.25) is 0 Å². The van der Waals surface area contributed by atoms with Crippen molar-refractivity contribution in [2.24, 2.45) is 0 Å². The van der Waals surface area contributed by atoms with E-state index in [0.29, 0.717) is 11.4 Å². The number of nitrogens with two attached hydrogens (primary N) is 1. The number of piperidine rings is 1. The lowest BCUT2D eigenvalue weighted by molar-refractivity contribution is 0.152. The number of hydrogen-bond acceptors (Lipinski definition) is 3. The Bertz CT molecular complexity index is 423. The Hall–Kier alpha value is -1.36. The van der Waals surface area contributed by atoms with Crippen LogP contribution in [-0.2, 0) is 0 Å². The summed E-state index contributed by atoms with van der Waals surface area (Å²) in [5, 5.41) is 3.25. The molecule has 0 amide bonds. The number of likely N-dealkylation sites (N-methyl/N-ethyl adjacent to an activating group) is 1. The molecule has 1 aliphatic heterocycles. The predicted octanol–water partition coefficient (Wildman–Crippen LogP) is 3.10. The van der Waals surface area contributed by atoms with Crippen LogP contribution in [0.4, 0.5) is 20.2 Å². The molecule has 1 fully saturated rings. The van der Waals surface area contributed by atoms with E-state index in [2.05, 4.69) is 17.1 Å². The van der Waals surface area contributed by atoms with Crippen LogP contribution in [0.25, 0.3) is 0 Å². The van der Waals surface area contributed by atoms with Crippen molar-refractivity contribution in [3.05, 3.63) is 23.8 Å². The van der Waals surface area contributed by atoms with E-state index < -0.39 is 6.43 Å². The summed E-state index contributed by atoms with van der Waals surface area (Å²) in [5.74, 6) is 0. The topological polar surface area (TPSA) is 41.3 Å². The molecule has 1 heterocycles. The van der Waals surface area contributed by atoms with Gasteiger partial charge in [-0.2, -0.15) is 0 Å². The molecule has 3 nitrogen and oxygen atoms in total. The number of hydrogen-bond donors (Lipinski definition) is 2. The van der Waals surface area contributed by atoms with Gasteiger partial charge in [0.25, 0.3) is 6.43 Å². The SMILES string of the molecule is CCN1CCCC(Nc2ccc(N)cc2C(F)F)C1. The Labute approximate surface area is 112 Å². The molecule has 0 bridgehead atoms. The van der Waals surface area contributed by atoms with Crippen molar-refractivity contribution >= 4 is 11.4 Å². The van der Waals surface area contributed by atoms with Crippen molar-refractivity contribution < 1.29 is 8.78 Å². The summed E-state index contributed by atoms with van der Waals surface area (Å²) in [4.78, 5) is 2.33. The summed E-state index contributed by atoms with van der Waals surface area (Å²) in [7, 11) is 0. The quantitative estimate of drug-likeness (QED) is 0.825. The van der Waals surface area contributed by atoms with Gasteiger partial charge in [-0.25, -0.2) is 8.78 Å². The maximum absolute atomic E-state index is 13.0. The number of nitrogens with zero attached hydrogens (tertiary/aromatic N) is 1. The van der Waals surface area contributed by atoms with Crippen molar-refractivity contribution in [3.63, 3.8) is 0 Å². The first-order valence-electron chi connectivity index (χ1n) is 6.76. The van der Waals surface area contributed by atoms with Crippen molar-refractivity contribution in [2.75, 3.05) is 30.7 Å². The first-order valence-corrected chi connectivity index (χ1v) is 6.76. The van der Waals surface area contributed by atoms with Gasteiger partial charge >= 0.3 is 0 Å². The molecule has 2 rings (SSSR count). The number of halogens is 2. The molecule has 0 saturated carbocycles. The first-order chi connectivity index (χ1) is 9.10. The Morgan fingerprint density at radius 2 is 2.26 bits per heavy atom. The van der Waals surface area contributed by atoms with Crippen molar-refractivity contribution in [3.8, 4) is 0 Å². The number of alkyl halides is 2. The molecule has 1 atom stereocenters. The Morgan fingerprint density at radius 3 is 2.95 bits per heavy atom. The normalized spacial score (nSPS) is 20.7. The van der Waals surface area contributed by atoms with Crippen LogP contribution in [0.2, 0.25) is 0 Å². The number of nitrogens with one attached hydrogen (secondary N) is 1. The van der Waals surface area contributed by atoms with Gasteiger partial charge in [-0.15, -0.1) is 0 Å². The number of benzene rings is 1. The number of rotatable bonds is 4. The van der Waals surface area contributed by atoms with Crippen LogP contribution in [0.5, 0.6) is 0 Å². The largest absolute Gasteiger partial charge is 0.399 e. The predicted molar refractivity (Wildman–Crippen MR) is 74.6 cm³/mol. The minimum Gasteiger partial charge on any atom is -0.399 e. The van der Waals surface area contributed by atoms with Gasteiger partial charge in [0.05, 0.1) is 0 Å². The molecule has 106 valence electrons. The minimum absolute atomic E-state index is 0.00591. The first kappa shape index (κ1) is 14.1. The van der Waals surface area contributed by atoms with Gasteiger partial charge in [0.2, 0.25) is 0 Å². The van der Waals surface area contributed by atoms with Gasteiger partial charge in [0.1, 0.15) is 0 Å². The van der Waals surface area contributed by atoms with Gasteiger partial charge in [0.15, 0.2) is 0 Å². The summed E-state index contributed by atoms with van der Waals surface area (Å²) in [5.41, 5.74) is 6.45. The maximum atomic E-state index is 13.0. The molecule has 1 aromatic rings. The second-order valence-electron chi connectivity index (χ2n) is 5.02. The van der Waals surface area contributed by atoms with E-state index in [0.717, 1.165) is 32.5 Å². The second kappa shape index (κ2) is 6.19. The Kier molecular flexibility index (Phi) is 4.58. The van der Waals surface area contributed by atoms with Gasteiger partial charge in [-0.05, 0) is 44.1 Å². The average Bonchev–Trinajstić information content (AvgIpc) is 2.41.